The maximum atomic E-state index is 12.2. The van der Waals surface area contributed by atoms with Gasteiger partial charge in [-0.25, -0.2) is 0 Å². The number of likely N-dealkylation sites (tertiary alicyclic amines) is 1. The standard InChI is InChI=1S/C14H18N2O2S2/c1-8-7-11(9-5-6-19-14(9)20-8)15-10-3-4-12(17)16(2)13(10)18/h5-6,8,10-11,15H,3-4,7H2,1-2H3/t8-,10?,11?/m0/s1. The van der Waals surface area contributed by atoms with E-state index in [0.29, 0.717) is 18.1 Å². The van der Waals surface area contributed by atoms with Crippen molar-refractivity contribution in [1.29, 1.82) is 0 Å². The largest absolute Gasteiger partial charge is 0.299 e. The summed E-state index contributed by atoms with van der Waals surface area (Å²) in [6, 6.07) is 2.15. The summed E-state index contributed by atoms with van der Waals surface area (Å²) in [6.07, 6.45) is 2.09. The number of nitrogens with zero attached hydrogens (tertiary/aromatic N) is 1. The Morgan fingerprint density at radius 1 is 1.35 bits per heavy atom. The van der Waals surface area contributed by atoms with E-state index in [1.807, 2.05) is 11.8 Å². The fourth-order valence-corrected chi connectivity index (χ4v) is 5.39. The molecule has 0 spiro atoms. The molecule has 0 aromatic carbocycles. The summed E-state index contributed by atoms with van der Waals surface area (Å²) in [5.41, 5.74) is 1.31. The van der Waals surface area contributed by atoms with Gasteiger partial charge in [0.25, 0.3) is 0 Å². The van der Waals surface area contributed by atoms with Crippen LogP contribution in [0, 0.1) is 0 Å². The lowest BCUT2D eigenvalue weighted by Gasteiger charge is -2.34. The van der Waals surface area contributed by atoms with Crippen molar-refractivity contribution in [2.24, 2.45) is 0 Å². The zero-order valence-corrected chi connectivity index (χ0v) is 13.2. The molecular weight excluding hydrogens is 292 g/mol. The predicted octanol–water partition coefficient (Wildman–Crippen LogP) is 2.41. The normalized spacial score (nSPS) is 30.5. The van der Waals surface area contributed by atoms with Gasteiger partial charge >= 0.3 is 0 Å². The minimum absolute atomic E-state index is 0.0724. The molecule has 1 saturated heterocycles. The Morgan fingerprint density at radius 2 is 2.15 bits per heavy atom. The van der Waals surface area contributed by atoms with Crippen molar-refractivity contribution in [3.8, 4) is 0 Å². The van der Waals surface area contributed by atoms with Gasteiger partial charge in [0.05, 0.1) is 10.3 Å². The van der Waals surface area contributed by atoms with Crippen LogP contribution in [0.4, 0.5) is 0 Å². The van der Waals surface area contributed by atoms with Crippen molar-refractivity contribution in [2.75, 3.05) is 7.05 Å². The highest BCUT2D eigenvalue weighted by Gasteiger charge is 2.35. The highest BCUT2D eigenvalue weighted by Crippen LogP contribution is 2.44. The van der Waals surface area contributed by atoms with Crippen LogP contribution in [-0.2, 0) is 9.59 Å². The number of thiophene rings is 1. The van der Waals surface area contributed by atoms with Crippen LogP contribution >= 0.6 is 23.1 Å². The number of thioether (sulfide) groups is 1. The molecule has 3 atom stereocenters. The van der Waals surface area contributed by atoms with E-state index in [-0.39, 0.29) is 23.9 Å². The van der Waals surface area contributed by atoms with Crippen LogP contribution in [0.15, 0.2) is 15.7 Å². The highest BCUT2D eigenvalue weighted by atomic mass is 32.2. The lowest BCUT2D eigenvalue weighted by Crippen LogP contribution is -2.52. The maximum absolute atomic E-state index is 12.2. The van der Waals surface area contributed by atoms with Crippen LogP contribution in [0.3, 0.4) is 0 Å². The molecule has 1 N–H and O–H groups in total. The number of likely N-dealkylation sites (N-methyl/N-ethyl adjacent to an activating group) is 1. The first-order valence-corrected chi connectivity index (χ1v) is 8.62. The number of carbonyl (C=O) groups excluding carboxylic acids is 2. The van der Waals surface area contributed by atoms with Gasteiger partial charge in [-0.1, -0.05) is 6.92 Å². The van der Waals surface area contributed by atoms with Crippen LogP contribution in [-0.4, -0.2) is 35.1 Å². The van der Waals surface area contributed by atoms with E-state index in [2.05, 4.69) is 23.7 Å². The van der Waals surface area contributed by atoms with Gasteiger partial charge < -0.3 is 0 Å². The molecule has 1 aromatic heterocycles. The van der Waals surface area contributed by atoms with Crippen LogP contribution in [0.1, 0.15) is 37.8 Å². The number of hydrogen-bond acceptors (Lipinski definition) is 5. The third-order valence-corrected chi connectivity index (χ3v) is 6.31. The zero-order valence-electron chi connectivity index (χ0n) is 11.6. The van der Waals surface area contributed by atoms with E-state index >= 15 is 0 Å². The van der Waals surface area contributed by atoms with E-state index in [9.17, 15) is 9.59 Å². The molecule has 0 saturated carbocycles. The summed E-state index contributed by atoms with van der Waals surface area (Å²) in [5.74, 6) is -0.166. The van der Waals surface area contributed by atoms with Gasteiger partial charge in [0, 0.05) is 24.8 Å². The number of rotatable bonds is 2. The number of amides is 2. The van der Waals surface area contributed by atoms with Gasteiger partial charge in [-0.2, -0.15) is 0 Å². The van der Waals surface area contributed by atoms with Crippen LogP contribution in [0.25, 0.3) is 0 Å². The van der Waals surface area contributed by atoms with Crippen molar-refractivity contribution in [2.45, 2.75) is 47.7 Å². The average molecular weight is 310 g/mol. The number of piperidine rings is 1. The third-order valence-electron chi connectivity index (χ3n) is 3.96. The van der Waals surface area contributed by atoms with Gasteiger partial charge in [-0.15, -0.1) is 23.1 Å². The SMILES string of the molecule is C[C@H]1CC(NC2CCC(=O)N(C)C2=O)c2ccsc2S1. The Balaban J connectivity index is 1.76. The molecule has 2 aliphatic rings. The Hall–Kier alpha value is -0.850. The van der Waals surface area contributed by atoms with Crippen molar-refractivity contribution in [3.63, 3.8) is 0 Å². The molecule has 1 fully saturated rings. The quantitative estimate of drug-likeness (QED) is 0.852. The molecule has 2 unspecified atom stereocenters. The smallest absolute Gasteiger partial charge is 0.246 e. The molecule has 2 aliphatic heterocycles. The fourth-order valence-electron chi connectivity index (χ4n) is 2.82. The zero-order chi connectivity index (χ0) is 14.3. The Kier molecular flexibility index (Phi) is 3.88. The monoisotopic (exact) mass is 310 g/mol. The minimum atomic E-state index is -0.231. The molecule has 2 amide bonds. The minimum Gasteiger partial charge on any atom is -0.299 e. The molecule has 0 radical (unpaired) electrons. The first-order chi connectivity index (χ1) is 9.56. The van der Waals surface area contributed by atoms with Gasteiger partial charge in [-0.3, -0.25) is 19.8 Å². The van der Waals surface area contributed by atoms with Crippen molar-refractivity contribution in [3.05, 3.63) is 17.0 Å². The average Bonchev–Trinajstić information content (AvgIpc) is 2.87. The van der Waals surface area contributed by atoms with Crippen molar-refractivity contribution in [1.82, 2.24) is 10.2 Å². The van der Waals surface area contributed by atoms with Gasteiger partial charge in [0.2, 0.25) is 11.8 Å². The van der Waals surface area contributed by atoms with Crippen LogP contribution in [0.2, 0.25) is 0 Å². The molecule has 6 heteroatoms. The van der Waals surface area contributed by atoms with Crippen molar-refractivity contribution >= 4 is 34.9 Å². The van der Waals surface area contributed by atoms with E-state index in [0.717, 1.165) is 6.42 Å². The number of hydrogen-bond donors (Lipinski definition) is 1. The van der Waals surface area contributed by atoms with Gasteiger partial charge in [0.15, 0.2) is 0 Å². The van der Waals surface area contributed by atoms with Crippen LogP contribution in [0.5, 0.6) is 0 Å². The molecule has 3 heterocycles. The number of imide groups is 1. The molecular formula is C14H18N2O2S2. The van der Waals surface area contributed by atoms with Gasteiger partial charge in [0.1, 0.15) is 0 Å². The molecule has 1 aromatic rings. The summed E-state index contributed by atoms with van der Waals surface area (Å²) in [6.45, 7) is 2.22. The van der Waals surface area contributed by atoms with E-state index < -0.39 is 0 Å². The Labute approximate surface area is 126 Å². The predicted molar refractivity (Wildman–Crippen MR) is 80.9 cm³/mol. The summed E-state index contributed by atoms with van der Waals surface area (Å²) in [7, 11) is 1.58. The lowest BCUT2D eigenvalue weighted by molar-refractivity contribution is -0.148. The molecule has 3 rings (SSSR count). The van der Waals surface area contributed by atoms with Crippen molar-refractivity contribution < 1.29 is 9.59 Å². The summed E-state index contributed by atoms with van der Waals surface area (Å²) in [4.78, 5) is 25.0. The highest BCUT2D eigenvalue weighted by molar-refractivity contribution is 8.01. The summed E-state index contributed by atoms with van der Waals surface area (Å²) in [5, 5.41) is 6.15. The third kappa shape index (κ3) is 2.52. The molecule has 0 aliphatic carbocycles. The van der Waals surface area contributed by atoms with Crippen LogP contribution < -0.4 is 5.32 Å². The molecule has 108 valence electrons. The fraction of sp³-hybridized carbons (Fsp3) is 0.571. The lowest BCUT2D eigenvalue weighted by atomic mass is 9.99. The topological polar surface area (TPSA) is 49.4 Å². The van der Waals surface area contributed by atoms with E-state index in [1.54, 1.807) is 18.4 Å². The molecule has 0 bridgehead atoms. The first-order valence-electron chi connectivity index (χ1n) is 6.86. The second-order valence-electron chi connectivity index (χ2n) is 5.43. The molecule has 20 heavy (non-hydrogen) atoms. The number of fused-ring (bicyclic) bond motifs is 1. The number of carbonyl (C=O) groups is 2. The molecule has 4 nitrogen and oxygen atoms in total. The van der Waals surface area contributed by atoms with E-state index in [4.69, 9.17) is 0 Å². The first kappa shape index (κ1) is 14.1. The summed E-state index contributed by atoms with van der Waals surface area (Å²) >= 11 is 3.69. The second-order valence-corrected chi connectivity index (χ2v) is 8.05. The number of nitrogens with one attached hydrogen (secondary N) is 1. The summed E-state index contributed by atoms with van der Waals surface area (Å²) < 4.78 is 1.36. The Bertz CT molecular complexity index is 543. The van der Waals surface area contributed by atoms with E-state index in [1.165, 1.54) is 14.7 Å². The maximum Gasteiger partial charge on any atom is 0.246 e. The van der Waals surface area contributed by atoms with Gasteiger partial charge in [-0.05, 0) is 29.9 Å². The second kappa shape index (κ2) is 5.50. The Morgan fingerprint density at radius 3 is 2.95 bits per heavy atom.